The fourth-order valence-corrected chi connectivity index (χ4v) is 2.63. The summed E-state index contributed by atoms with van der Waals surface area (Å²) in [6.07, 6.45) is 0. The Labute approximate surface area is 94.7 Å². The van der Waals surface area contributed by atoms with E-state index in [0.29, 0.717) is 0 Å². The van der Waals surface area contributed by atoms with Gasteiger partial charge in [0.05, 0.1) is 17.7 Å². The van der Waals surface area contributed by atoms with Crippen molar-refractivity contribution in [3.63, 3.8) is 0 Å². The maximum Gasteiger partial charge on any atom is 0.118 e. The molecule has 0 amide bonds. The van der Waals surface area contributed by atoms with E-state index < -0.39 is 0 Å². The Balaban J connectivity index is 2.24. The van der Waals surface area contributed by atoms with E-state index in [1.165, 1.54) is 5.56 Å². The summed E-state index contributed by atoms with van der Waals surface area (Å²) in [6, 6.07) is 8.07. The van der Waals surface area contributed by atoms with E-state index in [-0.39, 0.29) is 5.54 Å². The molecule has 0 radical (unpaired) electrons. The molecule has 1 heterocycles. The maximum atomic E-state index is 5.13. The summed E-state index contributed by atoms with van der Waals surface area (Å²) in [4.78, 5) is 4.68. The van der Waals surface area contributed by atoms with Crippen LogP contribution in [0.2, 0.25) is 0 Å². The Morgan fingerprint density at radius 1 is 1.27 bits per heavy atom. The van der Waals surface area contributed by atoms with E-state index in [9.17, 15) is 0 Å². The molecule has 1 aromatic rings. The van der Waals surface area contributed by atoms with Gasteiger partial charge in [0.1, 0.15) is 5.75 Å². The number of ether oxygens (including phenoxy) is 1. The lowest BCUT2D eigenvalue weighted by atomic mass is 10.1. The molecule has 1 aliphatic rings. The number of methoxy groups -OCH3 is 1. The Hall–Kier alpha value is -0.960. The lowest BCUT2D eigenvalue weighted by Crippen LogP contribution is -2.15. The molecule has 80 valence electrons. The van der Waals surface area contributed by atoms with E-state index in [1.54, 1.807) is 7.11 Å². The first-order chi connectivity index (χ1) is 7.11. The lowest BCUT2D eigenvalue weighted by molar-refractivity contribution is 0.415. The van der Waals surface area contributed by atoms with Crippen LogP contribution in [0.1, 0.15) is 19.4 Å². The average molecular weight is 221 g/mol. The molecule has 3 heteroatoms. The highest BCUT2D eigenvalue weighted by Crippen LogP contribution is 2.30. The molecule has 0 bridgehead atoms. The van der Waals surface area contributed by atoms with Gasteiger partial charge in [-0.15, -0.1) is 11.8 Å². The van der Waals surface area contributed by atoms with Crippen LogP contribution < -0.4 is 4.74 Å². The normalized spacial score (nSPS) is 18.7. The van der Waals surface area contributed by atoms with Crippen molar-refractivity contribution >= 4 is 16.8 Å². The van der Waals surface area contributed by atoms with Crippen molar-refractivity contribution in [2.24, 2.45) is 4.99 Å². The SMILES string of the molecule is COc1ccc(C2=NC(C)(C)CS2)cc1. The first kappa shape index (κ1) is 10.6. The van der Waals surface area contributed by atoms with E-state index in [2.05, 4.69) is 31.0 Å². The molecule has 0 aliphatic carbocycles. The maximum absolute atomic E-state index is 5.13. The Morgan fingerprint density at radius 3 is 2.40 bits per heavy atom. The van der Waals surface area contributed by atoms with Gasteiger partial charge < -0.3 is 4.74 Å². The first-order valence-electron chi connectivity index (χ1n) is 4.98. The topological polar surface area (TPSA) is 21.6 Å². The molecule has 2 nitrogen and oxygen atoms in total. The van der Waals surface area contributed by atoms with Crippen LogP contribution in [0.4, 0.5) is 0 Å². The molecule has 0 atom stereocenters. The second kappa shape index (κ2) is 3.89. The number of benzene rings is 1. The molecule has 0 aromatic heterocycles. The molecule has 0 saturated carbocycles. The van der Waals surface area contributed by atoms with E-state index >= 15 is 0 Å². The number of hydrogen-bond acceptors (Lipinski definition) is 3. The predicted octanol–water partition coefficient (Wildman–Crippen LogP) is 2.97. The summed E-state index contributed by atoms with van der Waals surface area (Å²) in [7, 11) is 1.68. The molecular formula is C12H15NOS. The van der Waals surface area contributed by atoms with Gasteiger partial charge in [-0.3, -0.25) is 4.99 Å². The van der Waals surface area contributed by atoms with Crippen LogP contribution in [0.3, 0.4) is 0 Å². The fraction of sp³-hybridized carbons (Fsp3) is 0.417. The smallest absolute Gasteiger partial charge is 0.118 e. The highest BCUT2D eigenvalue weighted by molar-refractivity contribution is 8.14. The Morgan fingerprint density at radius 2 is 1.93 bits per heavy atom. The molecule has 0 fully saturated rings. The fourth-order valence-electron chi connectivity index (χ4n) is 1.47. The van der Waals surface area contributed by atoms with Gasteiger partial charge in [-0.2, -0.15) is 0 Å². The number of aliphatic imine (C=N–C) groups is 1. The van der Waals surface area contributed by atoms with Crippen molar-refractivity contribution in [3.8, 4) is 5.75 Å². The zero-order valence-corrected chi connectivity index (χ0v) is 10.1. The van der Waals surface area contributed by atoms with Crippen molar-refractivity contribution < 1.29 is 4.74 Å². The number of thioether (sulfide) groups is 1. The molecule has 0 N–H and O–H groups in total. The zero-order valence-electron chi connectivity index (χ0n) is 9.28. The molecule has 0 unspecified atom stereocenters. The molecular weight excluding hydrogens is 206 g/mol. The molecule has 2 rings (SSSR count). The van der Waals surface area contributed by atoms with Gasteiger partial charge in [0.25, 0.3) is 0 Å². The molecule has 15 heavy (non-hydrogen) atoms. The van der Waals surface area contributed by atoms with Crippen LogP contribution in [-0.2, 0) is 0 Å². The standard InChI is InChI=1S/C12H15NOS/c1-12(2)8-15-11(13-12)9-4-6-10(14-3)7-5-9/h4-7H,8H2,1-3H3. The third-order valence-corrected chi connectivity index (χ3v) is 3.75. The predicted molar refractivity (Wildman–Crippen MR) is 66.1 cm³/mol. The first-order valence-corrected chi connectivity index (χ1v) is 5.96. The van der Waals surface area contributed by atoms with Gasteiger partial charge in [0.15, 0.2) is 0 Å². The summed E-state index contributed by atoms with van der Waals surface area (Å²) in [5, 5.41) is 1.14. The number of hydrogen-bond donors (Lipinski definition) is 0. The van der Waals surface area contributed by atoms with Gasteiger partial charge in [-0.25, -0.2) is 0 Å². The lowest BCUT2D eigenvalue weighted by Gasteiger charge is -2.09. The summed E-state index contributed by atoms with van der Waals surface area (Å²) in [6.45, 7) is 4.33. The third-order valence-electron chi connectivity index (χ3n) is 2.30. The minimum atomic E-state index is 0.0833. The second-order valence-corrected chi connectivity index (χ2v) is 5.21. The van der Waals surface area contributed by atoms with Gasteiger partial charge in [0, 0.05) is 11.3 Å². The van der Waals surface area contributed by atoms with Gasteiger partial charge in [-0.1, -0.05) is 0 Å². The van der Waals surface area contributed by atoms with Gasteiger partial charge in [0.2, 0.25) is 0 Å². The number of rotatable bonds is 2. The summed E-state index contributed by atoms with van der Waals surface area (Å²) < 4.78 is 5.13. The van der Waals surface area contributed by atoms with Gasteiger partial charge >= 0.3 is 0 Å². The van der Waals surface area contributed by atoms with Crippen LogP contribution in [0.5, 0.6) is 5.75 Å². The summed E-state index contributed by atoms with van der Waals surface area (Å²) in [5.74, 6) is 1.95. The van der Waals surface area contributed by atoms with Crippen LogP contribution in [-0.4, -0.2) is 23.4 Å². The monoisotopic (exact) mass is 221 g/mol. The van der Waals surface area contributed by atoms with E-state index in [4.69, 9.17) is 4.74 Å². The molecule has 0 spiro atoms. The van der Waals surface area contributed by atoms with Crippen molar-refractivity contribution in [2.45, 2.75) is 19.4 Å². The molecule has 1 aliphatic heterocycles. The van der Waals surface area contributed by atoms with Crippen molar-refractivity contribution in [3.05, 3.63) is 29.8 Å². The van der Waals surface area contributed by atoms with Crippen LogP contribution in [0.15, 0.2) is 29.3 Å². The largest absolute Gasteiger partial charge is 0.497 e. The third kappa shape index (κ3) is 2.34. The van der Waals surface area contributed by atoms with E-state index in [0.717, 1.165) is 16.5 Å². The summed E-state index contributed by atoms with van der Waals surface area (Å²) in [5.41, 5.74) is 1.27. The highest BCUT2D eigenvalue weighted by Gasteiger charge is 2.25. The quantitative estimate of drug-likeness (QED) is 0.765. The van der Waals surface area contributed by atoms with Crippen molar-refractivity contribution in [1.29, 1.82) is 0 Å². The number of nitrogens with zero attached hydrogens (tertiary/aromatic N) is 1. The molecule has 0 saturated heterocycles. The minimum Gasteiger partial charge on any atom is -0.497 e. The second-order valence-electron chi connectivity index (χ2n) is 4.25. The average Bonchev–Trinajstić information content (AvgIpc) is 2.59. The van der Waals surface area contributed by atoms with Crippen molar-refractivity contribution in [1.82, 2.24) is 0 Å². The van der Waals surface area contributed by atoms with Crippen LogP contribution in [0, 0.1) is 0 Å². The summed E-state index contributed by atoms with van der Waals surface area (Å²) >= 11 is 1.83. The highest BCUT2D eigenvalue weighted by atomic mass is 32.2. The van der Waals surface area contributed by atoms with Crippen molar-refractivity contribution in [2.75, 3.05) is 12.9 Å². The van der Waals surface area contributed by atoms with Gasteiger partial charge in [-0.05, 0) is 38.1 Å². The van der Waals surface area contributed by atoms with E-state index in [1.807, 2.05) is 23.9 Å². The molecule has 1 aromatic carbocycles. The minimum absolute atomic E-state index is 0.0833. The Kier molecular flexibility index (Phi) is 2.74. The Bertz CT molecular complexity index is 381. The zero-order chi connectivity index (χ0) is 10.9. The van der Waals surface area contributed by atoms with Crippen LogP contribution in [0.25, 0.3) is 0 Å². The van der Waals surface area contributed by atoms with Crippen LogP contribution >= 0.6 is 11.8 Å².